The zero-order valence-electron chi connectivity index (χ0n) is 11.8. The molecule has 1 aliphatic heterocycles. The zero-order chi connectivity index (χ0) is 14.2. The van der Waals surface area contributed by atoms with Gasteiger partial charge < -0.3 is 10.6 Å². The summed E-state index contributed by atoms with van der Waals surface area (Å²) in [6, 6.07) is 5.63. The van der Waals surface area contributed by atoms with E-state index in [9.17, 15) is 0 Å². The molecule has 3 N–H and O–H groups in total. The van der Waals surface area contributed by atoms with Crippen molar-refractivity contribution < 1.29 is 0 Å². The maximum atomic E-state index is 7.70. The summed E-state index contributed by atoms with van der Waals surface area (Å²) < 4.78 is 0. The van der Waals surface area contributed by atoms with Crippen LogP contribution in [0.15, 0.2) is 18.2 Å². The number of hydrogen-bond acceptors (Lipinski definition) is 2. The SMILES string of the molecule is CC(C)(C)C1CCN(c2ccc(Cl)cc2C(=N)N)C1. The van der Waals surface area contributed by atoms with Gasteiger partial charge in [-0.15, -0.1) is 0 Å². The summed E-state index contributed by atoms with van der Waals surface area (Å²) >= 11 is 6.00. The van der Waals surface area contributed by atoms with Gasteiger partial charge in [-0.3, -0.25) is 5.41 Å². The van der Waals surface area contributed by atoms with Crippen molar-refractivity contribution in [2.75, 3.05) is 18.0 Å². The molecule has 3 nitrogen and oxygen atoms in total. The molecule has 4 heteroatoms. The van der Waals surface area contributed by atoms with Crippen LogP contribution < -0.4 is 10.6 Å². The van der Waals surface area contributed by atoms with Crippen molar-refractivity contribution in [3.63, 3.8) is 0 Å². The van der Waals surface area contributed by atoms with E-state index in [1.54, 1.807) is 6.07 Å². The third kappa shape index (κ3) is 3.03. The lowest BCUT2D eigenvalue weighted by Crippen LogP contribution is -2.27. The molecule has 19 heavy (non-hydrogen) atoms. The lowest BCUT2D eigenvalue weighted by atomic mass is 9.80. The fourth-order valence-corrected chi connectivity index (χ4v) is 2.86. The lowest BCUT2D eigenvalue weighted by molar-refractivity contribution is 0.263. The van der Waals surface area contributed by atoms with Crippen molar-refractivity contribution in [2.45, 2.75) is 27.2 Å². The molecule has 2 rings (SSSR count). The first-order valence-electron chi connectivity index (χ1n) is 6.68. The van der Waals surface area contributed by atoms with Crippen LogP contribution >= 0.6 is 11.6 Å². The molecule has 1 heterocycles. The number of nitrogen functional groups attached to an aromatic ring is 1. The maximum absolute atomic E-state index is 7.70. The van der Waals surface area contributed by atoms with Crippen molar-refractivity contribution >= 4 is 23.1 Å². The highest BCUT2D eigenvalue weighted by Gasteiger charge is 2.32. The molecule has 0 radical (unpaired) electrons. The quantitative estimate of drug-likeness (QED) is 0.643. The van der Waals surface area contributed by atoms with E-state index in [2.05, 4.69) is 25.7 Å². The minimum Gasteiger partial charge on any atom is -0.384 e. The van der Waals surface area contributed by atoms with E-state index in [0.29, 0.717) is 16.4 Å². The van der Waals surface area contributed by atoms with Gasteiger partial charge in [-0.2, -0.15) is 0 Å². The van der Waals surface area contributed by atoms with E-state index in [0.717, 1.165) is 24.3 Å². The maximum Gasteiger partial charge on any atom is 0.124 e. The third-order valence-electron chi connectivity index (χ3n) is 4.00. The molecule has 0 amide bonds. The van der Waals surface area contributed by atoms with Gasteiger partial charge in [0.05, 0.1) is 0 Å². The molecule has 1 fully saturated rings. The molecule has 0 aromatic heterocycles. The van der Waals surface area contributed by atoms with Crippen LogP contribution in [0, 0.1) is 16.7 Å². The summed E-state index contributed by atoms with van der Waals surface area (Å²) in [5.41, 5.74) is 7.76. The number of rotatable bonds is 2. The van der Waals surface area contributed by atoms with E-state index >= 15 is 0 Å². The lowest BCUT2D eigenvalue weighted by Gasteiger charge is -2.28. The van der Waals surface area contributed by atoms with Gasteiger partial charge >= 0.3 is 0 Å². The number of amidine groups is 1. The van der Waals surface area contributed by atoms with Crippen molar-refractivity contribution in [1.82, 2.24) is 0 Å². The summed E-state index contributed by atoms with van der Waals surface area (Å²) in [5, 5.41) is 8.33. The second-order valence-corrected chi connectivity index (χ2v) is 6.81. The summed E-state index contributed by atoms with van der Waals surface area (Å²) in [6.07, 6.45) is 1.18. The van der Waals surface area contributed by atoms with Gasteiger partial charge in [-0.05, 0) is 36.0 Å². The van der Waals surface area contributed by atoms with Crippen molar-refractivity contribution in [1.29, 1.82) is 5.41 Å². The second-order valence-electron chi connectivity index (χ2n) is 6.37. The van der Waals surface area contributed by atoms with Gasteiger partial charge in [0, 0.05) is 29.4 Å². The van der Waals surface area contributed by atoms with Crippen molar-refractivity contribution in [3.8, 4) is 0 Å². The monoisotopic (exact) mass is 279 g/mol. The highest BCUT2D eigenvalue weighted by atomic mass is 35.5. The van der Waals surface area contributed by atoms with Gasteiger partial charge in [0.15, 0.2) is 0 Å². The number of nitrogens with one attached hydrogen (secondary N) is 1. The number of hydrogen-bond donors (Lipinski definition) is 2. The molecular formula is C15H22ClN3. The number of benzene rings is 1. The summed E-state index contributed by atoms with van der Waals surface area (Å²) in [5.74, 6) is 0.750. The first kappa shape index (κ1) is 14.2. The topological polar surface area (TPSA) is 53.1 Å². The van der Waals surface area contributed by atoms with Crippen LogP contribution in [-0.2, 0) is 0 Å². The van der Waals surface area contributed by atoms with Gasteiger partial charge in [0.25, 0.3) is 0 Å². The molecule has 1 aliphatic rings. The Morgan fingerprint density at radius 1 is 1.42 bits per heavy atom. The largest absolute Gasteiger partial charge is 0.384 e. The molecule has 104 valence electrons. The Morgan fingerprint density at radius 3 is 2.63 bits per heavy atom. The molecule has 1 aromatic rings. The number of halogens is 1. The Labute approximate surface area is 120 Å². The van der Waals surface area contributed by atoms with E-state index in [-0.39, 0.29) is 5.84 Å². The Hall–Kier alpha value is -1.22. The van der Waals surface area contributed by atoms with Crippen LogP contribution in [0.1, 0.15) is 32.8 Å². The Balaban J connectivity index is 2.27. The number of anilines is 1. The average molecular weight is 280 g/mol. The Morgan fingerprint density at radius 2 is 2.11 bits per heavy atom. The van der Waals surface area contributed by atoms with Crippen LogP contribution in [-0.4, -0.2) is 18.9 Å². The van der Waals surface area contributed by atoms with Gasteiger partial charge in [-0.25, -0.2) is 0 Å². The predicted molar refractivity (Wildman–Crippen MR) is 82.2 cm³/mol. The van der Waals surface area contributed by atoms with E-state index < -0.39 is 0 Å². The minimum atomic E-state index is 0.0803. The molecule has 0 spiro atoms. The van der Waals surface area contributed by atoms with Crippen LogP contribution in [0.2, 0.25) is 5.02 Å². The Bertz CT molecular complexity index is 491. The average Bonchev–Trinajstić information content (AvgIpc) is 2.77. The van der Waals surface area contributed by atoms with Crippen LogP contribution in [0.25, 0.3) is 0 Å². The first-order chi connectivity index (χ1) is 8.79. The fourth-order valence-electron chi connectivity index (χ4n) is 2.69. The van der Waals surface area contributed by atoms with Gasteiger partial charge in [0.1, 0.15) is 5.84 Å². The molecule has 0 saturated carbocycles. The fraction of sp³-hybridized carbons (Fsp3) is 0.533. The highest BCUT2D eigenvalue weighted by Crippen LogP contribution is 2.37. The predicted octanol–water partition coefficient (Wildman–Crippen LogP) is 3.50. The van der Waals surface area contributed by atoms with Crippen LogP contribution in [0.5, 0.6) is 0 Å². The van der Waals surface area contributed by atoms with E-state index in [4.69, 9.17) is 22.7 Å². The molecule has 1 atom stereocenters. The smallest absolute Gasteiger partial charge is 0.124 e. The van der Waals surface area contributed by atoms with Gasteiger partial charge in [0.2, 0.25) is 0 Å². The summed E-state index contributed by atoms with van der Waals surface area (Å²) in [4.78, 5) is 2.32. The third-order valence-corrected chi connectivity index (χ3v) is 4.24. The van der Waals surface area contributed by atoms with Crippen LogP contribution in [0.3, 0.4) is 0 Å². The molecule has 1 saturated heterocycles. The molecule has 1 aromatic carbocycles. The minimum absolute atomic E-state index is 0.0803. The first-order valence-corrected chi connectivity index (χ1v) is 7.05. The standard InChI is InChI=1S/C15H22ClN3/c1-15(2,3)10-6-7-19(9-10)13-5-4-11(16)8-12(13)14(17)18/h4-5,8,10H,6-7,9H2,1-3H3,(H3,17,18). The van der Waals surface area contributed by atoms with E-state index in [1.165, 1.54) is 6.42 Å². The molecular weight excluding hydrogens is 258 g/mol. The normalized spacial score (nSPS) is 19.8. The van der Waals surface area contributed by atoms with Crippen molar-refractivity contribution in [3.05, 3.63) is 28.8 Å². The summed E-state index contributed by atoms with van der Waals surface area (Å²) in [7, 11) is 0. The van der Waals surface area contributed by atoms with Crippen LogP contribution in [0.4, 0.5) is 5.69 Å². The number of nitrogens with two attached hydrogens (primary N) is 1. The molecule has 0 aliphatic carbocycles. The number of nitrogens with zero attached hydrogens (tertiary/aromatic N) is 1. The van der Waals surface area contributed by atoms with Gasteiger partial charge in [-0.1, -0.05) is 32.4 Å². The van der Waals surface area contributed by atoms with Crippen molar-refractivity contribution in [2.24, 2.45) is 17.1 Å². The highest BCUT2D eigenvalue weighted by molar-refractivity contribution is 6.31. The zero-order valence-corrected chi connectivity index (χ0v) is 12.6. The summed E-state index contributed by atoms with van der Waals surface area (Å²) in [6.45, 7) is 8.90. The molecule has 1 unspecified atom stereocenters. The van der Waals surface area contributed by atoms with E-state index in [1.807, 2.05) is 12.1 Å². The second kappa shape index (κ2) is 5.04. The Kier molecular flexibility index (Phi) is 3.77. The molecule has 0 bridgehead atoms.